The zero-order valence-electron chi connectivity index (χ0n) is 21.6. The van der Waals surface area contributed by atoms with E-state index < -0.39 is 5.92 Å². The molecule has 0 fully saturated rings. The monoisotopic (exact) mass is 515 g/mol. The Hall–Kier alpha value is -2.74. The minimum atomic E-state index is -0.517. The fraction of sp³-hybridized carbons (Fsp3) is 0.429. The van der Waals surface area contributed by atoms with E-state index in [1.54, 1.807) is 36.9 Å². The third-order valence-electron chi connectivity index (χ3n) is 5.97. The molecule has 0 aliphatic heterocycles. The van der Waals surface area contributed by atoms with Gasteiger partial charge >= 0.3 is 0 Å². The average molecular weight is 516 g/mol. The molecule has 0 aliphatic rings. The molecule has 1 amide bonds. The quantitative estimate of drug-likeness (QED) is 0.338. The van der Waals surface area contributed by atoms with Gasteiger partial charge in [0.25, 0.3) is 0 Å². The van der Waals surface area contributed by atoms with Crippen LogP contribution in [0.15, 0.2) is 48.5 Å². The SMILES string of the molecule is COCCOCCc1ccc(C(C)C(=O)NCc2cc(C(C)(C)C)nn2-c2cccc(Cl)c2)cc1F. The van der Waals surface area contributed by atoms with Crippen molar-refractivity contribution in [3.8, 4) is 5.69 Å². The van der Waals surface area contributed by atoms with Crippen molar-refractivity contribution in [2.75, 3.05) is 26.9 Å². The molecule has 0 aliphatic carbocycles. The zero-order valence-corrected chi connectivity index (χ0v) is 22.4. The van der Waals surface area contributed by atoms with Crippen molar-refractivity contribution in [2.24, 2.45) is 0 Å². The zero-order chi connectivity index (χ0) is 26.3. The minimum Gasteiger partial charge on any atom is -0.382 e. The second-order valence-corrected chi connectivity index (χ2v) is 10.2. The van der Waals surface area contributed by atoms with Gasteiger partial charge in [0.1, 0.15) is 5.82 Å². The first-order chi connectivity index (χ1) is 17.1. The molecule has 1 aromatic heterocycles. The first kappa shape index (κ1) is 27.8. The predicted molar refractivity (Wildman–Crippen MR) is 140 cm³/mol. The van der Waals surface area contributed by atoms with Crippen molar-refractivity contribution < 1.29 is 18.7 Å². The lowest BCUT2D eigenvalue weighted by Gasteiger charge is -2.15. The highest BCUT2D eigenvalue weighted by Crippen LogP contribution is 2.25. The Morgan fingerprint density at radius 2 is 1.92 bits per heavy atom. The number of carbonyl (C=O) groups is 1. The van der Waals surface area contributed by atoms with Gasteiger partial charge in [-0.05, 0) is 54.8 Å². The number of ether oxygens (including phenoxy) is 2. The molecule has 1 unspecified atom stereocenters. The molecule has 0 bridgehead atoms. The van der Waals surface area contributed by atoms with E-state index >= 15 is 0 Å². The Balaban J connectivity index is 1.69. The molecular formula is C28H35ClFN3O3. The summed E-state index contributed by atoms with van der Waals surface area (Å²) in [7, 11) is 1.61. The van der Waals surface area contributed by atoms with Crippen molar-refractivity contribution in [1.29, 1.82) is 0 Å². The fourth-order valence-corrected chi connectivity index (χ4v) is 3.87. The molecule has 1 atom stereocenters. The number of nitrogens with one attached hydrogen (secondary N) is 1. The first-order valence-corrected chi connectivity index (χ1v) is 12.5. The summed E-state index contributed by atoms with van der Waals surface area (Å²) in [6.45, 7) is 9.70. The first-order valence-electron chi connectivity index (χ1n) is 12.1. The van der Waals surface area contributed by atoms with Gasteiger partial charge in [-0.2, -0.15) is 5.10 Å². The molecule has 0 radical (unpaired) electrons. The van der Waals surface area contributed by atoms with Gasteiger partial charge < -0.3 is 14.8 Å². The summed E-state index contributed by atoms with van der Waals surface area (Å²) >= 11 is 6.20. The van der Waals surface area contributed by atoms with Crippen LogP contribution in [0.4, 0.5) is 4.39 Å². The van der Waals surface area contributed by atoms with Crippen LogP contribution in [0, 0.1) is 5.82 Å². The van der Waals surface area contributed by atoms with Gasteiger partial charge in [-0.1, -0.05) is 50.6 Å². The van der Waals surface area contributed by atoms with E-state index in [0.29, 0.717) is 42.4 Å². The van der Waals surface area contributed by atoms with E-state index in [4.69, 9.17) is 26.2 Å². The number of amides is 1. The molecule has 3 aromatic rings. The van der Waals surface area contributed by atoms with Crippen LogP contribution in [0.3, 0.4) is 0 Å². The number of carbonyl (C=O) groups excluding carboxylic acids is 1. The van der Waals surface area contributed by atoms with Crippen molar-refractivity contribution in [1.82, 2.24) is 15.1 Å². The lowest BCUT2D eigenvalue weighted by atomic mass is 9.92. The lowest BCUT2D eigenvalue weighted by Crippen LogP contribution is -2.28. The van der Waals surface area contributed by atoms with Crippen LogP contribution in [-0.4, -0.2) is 42.6 Å². The van der Waals surface area contributed by atoms with Gasteiger partial charge in [0.15, 0.2) is 0 Å². The maximum Gasteiger partial charge on any atom is 0.227 e. The number of aromatic nitrogens is 2. The summed E-state index contributed by atoms with van der Waals surface area (Å²) in [4.78, 5) is 13.0. The van der Waals surface area contributed by atoms with Crippen molar-refractivity contribution in [2.45, 2.75) is 52.0 Å². The Morgan fingerprint density at radius 3 is 2.58 bits per heavy atom. The molecule has 36 heavy (non-hydrogen) atoms. The molecule has 0 spiro atoms. The maximum atomic E-state index is 14.7. The third kappa shape index (κ3) is 7.38. The van der Waals surface area contributed by atoms with Crippen LogP contribution >= 0.6 is 11.6 Å². The molecule has 8 heteroatoms. The number of hydrogen-bond acceptors (Lipinski definition) is 4. The van der Waals surface area contributed by atoms with E-state index in [1.807, 2.05) is 24.3 Å². The number of nitrogens with zero attached hydrogens (tertiary/aromatic N) is 2. The summed E-state index contributed by atoms with van der Waals surface area (Å²) in [5, 5.41) is 8.37. The van der Waals surface area contributed by atoms with Gasteiger partial charge in [-0.15, -0.1) is 0 Å². The summed E-state index contributed by atoms with van der Waals surface area (Å²) in [6, 6.07) is 14.4. The number of hydrogen-bond donors (Lipinski definition) is 1. The highest BCUT2D eigenvalue weighted by molar-refractivity contribution is 6.30. The number of benzene rings is 2. The Bertz CT molecular complexity index is 1170. The van der Waals surface area contributed by atoms with E-state index in [0.717, 1.165) is 17.1 Å². The number of rotatable bonds is 11. The molecule has 0 saturated carbocycles. The van der Waals surface area contributed by atoms with Gasteiger partial charge in [-0.25, -0.2) is 9.07 Å². The van der Waals surface area contributed by atoms with Gasteiger partial charge in [0.05, 0.1) is 49.4 Å². The summed E-state index contributed by atoms with van der Waals surface area (Å²) < 4.78 is 26.8. The van der Waals surface area contributed by atoms with Crippen LogP contribution in [0.2, 0.25) is 5.02 Å². The normalized spacial score (nSPS) is 12.5. The van der Waals surface area contributed by atoms with E-state index in [2.05, 4.69) is 26.1 Å². The second-order valence-electron chi connectivity index (χ2n) is 9.81. The Kier molecular flexibility index (Phi) is 9.65. The molecular weight excluding hydrogens is 481 g/mol. The van der Waals surface area contributed by atoms with Crippen LogP contribution in [0.5, 0.6) is 0 Å². The summed E-state index contributed by atoms with van der Waals surface area (Å²) in [6.07, 6.45) is 0.458. The van der Waals surface area contributed by atoms with E-state index in [9.17, 15) is 9.18 Å². The molecule has 1 heterocycles. The van der Waals surface area contributed by atoms with Crippen LogP contribution in [0.25, 0.3) is 5.69 Å². The summed E-state index contributed by atoms with van der Waals surface area (Å²) in [5.74, 6) is -1.05. The van der Waals surface area contributed by atoms with Crippen molar-refractivity contribution >= 4 is 17.5 Å². The highest BCUT2D eigenvalue weighted by Gasteiger charge is 2.22. The van der Waals surface area contributed by atoms with Gasteiger partial charge in [0.2, 0.25) is 5.91 Å². The molecule has 2 aromatic carbocycles. The Labute approximate surface area is 217 Å². The fourth-order valence-electron chi connectivity index (χ4n) is 3.69. The van der Waals surface area contributed by atoms with Crippen LogP contribution in [0.1, 0.15) is 56.1 Å². The van der Waals surface area contributed by atoms with Crippen LogP contribution in [-0.2, 0) is 32.6 Å². The third-order valence-corrected chi connectivity index (χ3v) is 6.20. The van der Waals surface area contributed by atoms with E-state index in [1.165, 1.54) is 6.07 Å². The predicted octanol–water partition coefficient (Wildman–Crippen LogP) is 5.59. The van der Waals surface area contributed by atoms with Gasteiger partial charge in [-0.3, -0.25) is 4.79 Å². The van der Waals surface area contributed by atoms with Crippen molar-refractivity contribution in [3.05, 3.63) is 81.9 Å². The highest BCUT2D eigenvalue weighted by atomic mass is 35.5. The largest absolute Gasteiger partial charge is 0.382 e. The molecule has 1 N–H and O–H groups in total. The molecule has 6 nitrogen and oxygen atoms in total. The van der Waals surface area contributed by atoms with E-state index in [-0.39, 0.29) is 23.7 Å². The Morgan fingerprint density at radius 1 is 1.14 bits per heavy atom. The topological polar surface area (TPSA) is 65.4 Å². The molecule has 194 valence electrons. The van der Waals surface area contributed by atoms with Crippen LogP contribution < -0.4 is 5.32 Å². The molecule has 3 rings (SSSR count). The lowest BCUT2D eigenvalue weighted by molar-refractivity contribution is -0.122. The van der Waals surface area contributed by atoms with Gasteiger partial charge in [0, 0.05) is 17.5 Å². The minimum absolute atomic E-state index is 0.163. The molecule has 0 saturated heterocycles. The standard InChI is InChI=1S/C28H35ClFN3O3/c1-19(21-10-9-20(25(30)15-21)11-12-36-14-13-35-5)27(34)31-18-24-17-26(28(2,3)4)32-33(24)23-8-6-7-22(29)16-23/h6-10,15-17,19H,11-14,18H2,1-5H3,(H,31,34). The van der Waals surface area contributed by atoms with Crippen molar-refractivity contribution in [3.63, 3.8) is 0 Å². The maximum absolute atomic E-state index is 14.7. The average Bonchev–Trinajstić information content (AvgIpc) is 3.28. The second kappa shape index (κ2) is 12.5. The summed E-state index contributed by atoms with van der Waals surface area (Å²) in [5.41, 5.74) is 3.57. The smallest absolute Gasteiger partial charge is 0.227 e. The number of methoxy groups -OCH3 is 1. The number of halogens is 2.